The molecule has 1 atom stereocenters. The first kappa shape index (κ1) is 52.6. The Balaban J connectivity index is 4.34. The van der Waals surface area contributed by atoms with Crippen LogP contribution in [0.2, 0.25) is 0 Å². The first-order valence-electron chi connectivity index (χ1n) is 23.5. The minimum atomic E-state index is -0.784. The summed E-state index contributed by atoms with van der Waals surface area (Å²) in [6, 6.07) is 0. The van der Waals surface area contributed by atoms with Crippen molar-refractivity contribution >= 4 is 17.9 Å². The van der Waals surface area contributed by atoms with Gasteiger partial charge in [0.1, 0.15) is 13.2 Å². The van der Waals surface area contributed by atoms with Gasteiger partial charge in [0, 0.05) is 19.3 Å². The highest BCUT2D eigenvalue weighted by Gasteiger charge is 2.19. The molecule has 0 aliphatic rings. The molecule has 1 unspecified atom stereocenters. The summed E-state index contributed by atoms with van der Waals surface area (Å²) in [5.41, 5.74) is 0. The lowest BCUT2D eigenvalue weighted by Gasteiger charge is -2.18. The average Bonchev–Trinajstić information content (AvgIpc) is 3.18. The van der Waals surface area contributed by atoms with E-state index >= 15 is 0 Å². The fourth-order valence-corrected chi connectivity index (χ4v) is 6.52. The van der Waals surface area contributed by atoms with E-state index in [9.17, 15) is 14.4 Å². The van der Waals surface area contributed by atoms with Crippen molar-refractivity contribution in [3.8, 4) is 0 Å². The molecule has 0 heterocycles. The second kappa shape index (κ2) is 44.3. The number of esters is 3. The van der Waals surface area contributed by atoms with Crippen LogP contribution < -0.4 is 0 Å². The molecule has 0 radical (unpaired) electrons. The van der Waals surface area contributed by atoms with Crippen molar-refractivity contribution in [1.29, 1.82) is 0 Å². The molecule has 0 bridgehead atoms. The standard InChI is InChI=1S/C49H88O6/c1-4-7-10-13-16-19-22-23-24-25-26-28-30-33-36-39-42-48(51)54-45-46(44-53-47(50)41-38-35-32-29-21-18-15-12-9-6-3)55-49(52)43-40-37-34-31-27-20-17-14-11-8-5-2/h14-15,17-18,20,27,46H,4-13,16,19,21-26,28-45H2,1-3H3/b17-14-,18-15-,27-20-. The van der Waals surface area contributed by atoms with Gasteiger partial charge in [0.05, 0.1) is 0 Å². The van der Waals surface area contributed by atoms with Gasteiger partial charge in [-0.1, -0.05) is 198 Å². The summed E-state index contributed by atoms with van der Waals surface area (Å²) in [6.45, 7) is 6.51. The van der Waals surface area contributed by atoms with Crippen molar-refractivity contribution in [3.63, 3.8) is 0 Å². The fourth-order valence-electron chi connectivity index (χ4n) is 6.52. The minimum absolute atomic E-state index is 0.0843. The summed E-state index contributed by atoms with van der Waals surface area (Å²) in [4.78, 5) is 37.7. The molecule has 0 aromatic carbocycles. The first-order chi connectivity index (χ1) is 27.0. The van der Waals surface area contributed by atoms with E-state index in [-0.39, 0.29) is 31.1 Å². The molecule has 6 nitrogen and oxygen atoms in total. The maximum atomic E-state index is 12.7. The summed E-state index contributed by atoms with van der Waals surface area (Å²) < 4.78 is 16.7. The van der Waals surface area contributed by atoms with Gasteiger partial charge in [0.2, 0.25) is 0 Å². The maximum absolute atomic E-state index is 12.7. The first-order valence-corrected chi connectivity index (χ1v) is 23.5. The smallest absolute Gasteiger partial charge is 0.306 e. The Bertz CT molecular complexity index is 938. The Morgan fingerprint density at radius 1 is 0.364 bits per heavy atom. The third-order valence-corrected chi connectivity index (χ3v) is 10.1. The Morgan fingerprint density at radius 2 is 0.673 bits per heavy atom. The van der Waals surface area contributed by atoms with Gasteiger partial charge < -0.3 is 14.2 Å². The van der Waals surface area contributed by atoms with Crippen LogP contribution in [0.25, 0.3) is 0 Å². The van der Waals surface area contributed by atoms with E-state index < -0.39 is 6.10 Å². The molecule has 0 saturated heterocycles. The van der Waals surface area contributed by atoms with Gasteiger partial charge in [-0.05, 0) is 57.8 Å². The number of hydrogen-bond acceptors (Lipinski definition) is 6. The normalized spacial score (nSPS) is 12.3. The Hall–Kier alpha value is -2.37. The van der Waals surface area contributed by atoms with Gasteiger partial charge in [0.25, 0.3) is 0 Å². The molecule has 0 rings (SSSR count). The third-order valence-electron chi connectivity index (χ3n) is 10.1. The van der Waals surface area contributed by atoms with Crippen molar-refractivity contribution in [3.05, 3.63) is 36.5 Å². The Kier molecular flexibility index (Phi) is 42.4. The summed E-state index contributed by atoms with van der Waals surface area (Å²) in [7, 11) is 0. The molecule has 0 amide bonds. The van der Waals surface area contributed by atoms with Crippen LogP contribution in [0.15, 0.2) is 36.5 Å². The molecule has 0 aromatic rings. The van der Waals surface area contributed by atoms with Crippen LogP contribution in [0.5, 0.6) is 0 Å². The Morgan fingerprint density at radius 3 is 1.11 bits per heavy atom. The molecule has 0 fully saturated rings. The average molecular weight is 773 g/mol. The van der Waals surface area contributed by atoms with Crippen LogP contribution >= 0.6 is 0 Å². The molecule has 320 valence electrons. The highest BCUT2D eigenvalue weighted by atomic mass is 16.6. The highest BCUT2D eigenvalue weighted by Crippen LogP contribution is 2.15. The van der Waals surface area contributed by atoms with E-state index in [0.29, 0.717) is 19.3 Å². The molecule has 0 saturated carbocycles. The maximum Gasteiger partial charge on any atom is 0.306 e. The number of carbonyl (C=O) groups excluding carboxylic acids is 3. The molecular formula is C49H88O6. The van der Waals surface area contributed by atoms with Gasteiger partial charge in [0.15, 0.2) is 6.10 Å². The van der Waals surface area contributed by atoms with E-state index in [0.717, 1.165) is 89.9 Å². The van der Waals surface area contributed by atoms with E-state index in [4.69, 9.17) is 14.2 Å². The molecule has 0 spiro atoms. The molecular weight excluding hydrogens is 685 g/mol. The summed E-state index contributed by atoms with van der Waals surface area (Å²) in [6.07, 6.45) is 49.9. The quantitative estimate of drug-likeness (QED) is 0.0202. The SMILES string of the molecule is CCCC/C=C\C=C/CCCCCC(=O)OC(COC(=O)CCCCCC/C=C\CCCC)COC(=O)CCCCCCCCCCCCCCCCCC. The van der Waals surface area contributed by atoms with Crippen LogP contribution in [0.4, 0.5) is 0 Å². The van der Waals surface area contributed by atoms with Crippen molar-refractivity contribution in [2.45, 2.75) is 245 Å². The number of rotatable bonds is 42. The topological polar surface area (TPSA) is 78.9 Å². The van der Waals surface area contributed by atoms with Crippen LogP contribution in [-0.2, 0) is 28.6 Å². The van der Waals surface area contributed by atoms with Crippen LogP contribution in [-0.4, -0.2) is 37.2 Å². The van der Waals surface area contributed by atoms with Crippen molar-refractivity contribution in [2.75, 3.05) is 13.2 Å². The van der Waals surface area contributed by atoms with E-state index in [2.05, 4.69) is 57.2 Å². The van der Waals surface area contributed by atoms with E-state index in [1.165, 1.54) is 109 Å². The number of ether oxygens (including phenoxy) is 3. The van der Waals surface area contributed by atoms with Gasteiger partial charge in [-0.3, -0.25) is 14.4 Å². The number of unbranched alkanes of at least 4 members (excludes halogenated alkanes) is 26. The number of allylic oxidation sites excluding steroid dienone is 6. The van der Waals surface area contributed by atoms with Crippen LogP contribution in [0.3, 0.4) is 0 Å². The largest absolute Gasteiger partial charge is 0.462 e. The lowest BCUT2D eigenvalue weighted by molar-refractivity contribution is -0.167. The second-order valence-corrected chi connectivity index (χ2v) is 15.7. The zero-order valence-electron chi connectivity index (χ0n) is 36.4. The lowest BCUT2D eigenvalue weighted by Crippen LogP contribution is -2.30. The van der Waals surface area contributed by atoms with E-state index in [1.807, 2.05) is 0 Å². The van der Waals surface area contributed by atoms with Gasteiger partial charge in [-0.25, -0.2) is 0 Å². The summed E-state index contributed by atoms with van der Waals surface area (Å²) in [5, 5.41) is 0. The van der Waals surface area contributed by atoms with Gasteiger partial charge >= 0.3 is 17.9 Å². The van der Waals surface area contributed by atoms with Gasteiger partial charge in [-0.2, -0.15) is 0 Å². The number of carbonyl (C=O) groups is 3. The predicted octanol–water partition coefficient (Wildman–Crippen LogP) is 15.0. The molecule has 0 aliphatic heterocycles. The summed E-state index contributed by atoms with van der Waals surface area (Å²) in [5.74, 6) is -0.924. The Labute approximate surface area is 340 Å². The van der Waals surface area contributed by atoms with Crippen LogP contribution in [0, 0.1) is 0 Å². The molecule has 6 heteroatoms. The zero-order chi connectivity index (χ0) is 40.1. The monoisotopic (exact) mass is 773 g/mol. The van der Waals surface area contributed by atoms with Crippen molar-refractivity contribution in [2.24, 2.45) is 0 Å². The van der Waals surface area contributed by atoms with Crippen molar-refractivity contribution < 1.29 is 28.6 Å². The third kappa shape index (κ3) is 42.6. The minimum Gasteiger partial charge on any atom is -0.462 e. The predicted molar refractivity (Wildman–Crippen MR) is 233 cm³/mol. The lowest BCUT2D eigenvalue weighted by atomic mass is 10.0. The van der Waals surface area contributed by atoms with Crippen molar-refractivity contribution in [1.82, 2.24) is 0 Å². The van der Waals surface area contributed by atoms with Gasteiger partial charge in [-0.15, -0.1) is 0 Å². The second-order valence-electron chi connectivity index (χ2n) is 15.7. The molecule has 55 heavy (non-hydrogen) atoms. The van der Waals surface area contributed by atoms with E-state index in [1.54, 1.807) is 0 Å². The number of hydrogen-bond donors (Lipinski definition) is 0. The summed E-state index contributed by atoms with van der Waals surface area (Å²) >= 11 is 0. The molecule has 0 aliphatic carbocycles. The zero-order valence-corrected chi connectivity index (χ0v) is 36.4. The molecule has 0 N–H and O–H groups in total. The molecule has 0 aromatic heterocycles. The van der Waals surface area contributed by atoms with Crippen LogP contribution in [0.1, 0.15) is 239 Å². The fraction of sp³-hybridized carbons (Fsp3) is 0.816. The highest BCUT2D eigenvalue weighted by molar-refractivity contribution is 5.71.